The molecule has 0 bridgehead atoms. The number of aliphatic hydroxyl groups is 1. The van der Waals surface area contributed by atoms with Crippen molar-refractivity contribution in [1.82, 2.24) is 10.6 Å². The highest BCUT2D eigenvalue weighted by Crippen LogP contribution is 2.34. The molecule has 0 aliphatic carbocycles. The van der Waals surface area contributed by atoms with E-state index in [0.29, 0.717) is 17.7 Å². The summed E-state index contributed by atoms with van der Waals surface area (Å²) in [5, 5.41) is 25.0. The molecule has 2 rings (SSSR count). The lowest BCUT2D eigenvalue weighted by Gasteiger charge is -2.29. The Bertz CT molecular complexity index is 547. The van der Waals surface area contributed by atoms with Crippen LogP contribution in [-0.2, 0) is 4.74 Å². The van der Waals surface area contributed by atoms with Gasteiger partial charge < -0.3 is 25.6 Å². The van der Waals surface area contributed by atoms with Gasteiger partial charge in [-0.15, -0.1) is 0 Å². The lowest BCUT2D eigenvalue weighted by Crippen LogP contribution is -2.43. The summed E-state index contributed by atoms with van der Waals surface area (Å²) in [5.41, 5.74) is 0.888. The second kappa shape index (κ2) is 6.25. The van der Waals surface area contributed by atoms with E-state index in [1.54, 1.807) is 19.1 Å². The van der Waals surface area contributed by atoms with Crippen molar-refractivity contribution < 1.29 is 19.7 Å². The summed E-state index contributed by atoms with van der Waals surface area (Å²) in [4.78, 5) is 11.5. The van der Waals surface area contributed by atoms with Crippen molar-refractivity contribution >= 4 is 22.0 Å². The number of hydrogen-bond donors (Lipinski definition) is 4. The molecule has 0 aromatic heterocycles. The molecule has 0 saturated carbocycles. The van der Waals surface area contributed by atoms with Crippen LogP contribution in [0.5, 0.6) is 5.75 Å². The predicted molar refractivity (Wildman–Crippen MR) is 75.9 cm³/mol. The molecule has 1 aliphatic heterocycles. The van der Waals surface area contributed by atoms with Crippen LogP contribution < -0.4 is 10.6 Å². The molecule has 0 saturated heterocycles. The largest absolute Gasteiger partial charge is 0.508 e. The minimum absolute atomic E-state index is 0.0231. The van der Waals surface area contributed by atoms with E-state index in [1.807, 2.05) is 0 Å². The van der Waals surface area contributed by atoms with Crippen molar-refractivity contribution in [2.75, 3.05) is 6.61 Å². The van der Waals surface area contributed by atoms with Gasteiger partial charge in [-0.1, -0.05) is 15.9 Å². The van der Waals surface area contributed by atoms with Crippen LogP contribution in [0.4, 0.5) is 4.79 Å². The van der Waals surface area contributed by atoms with Crippen LogP contribution >= 0.6 is 15.9 Å². The van der Waals surface area contributed by atoms with Crippen LogP contribution in [-0.4, -0.2) is 29.1 Å². The van der Waals surface area contributed by atoms with Gasteiger partial charge in [0.1, 0.15) is 5.75 Å². The van der Waals surface area contributed by atoms with Crippen LogP contribution in [0.2, 0.25) is 0 Å². The molecular formula is C13H15BrN2O4. The average Bonchev–Trinajstić information content (AvgIpc) is 2.41. The second-order valence-corrected chi connectivity index (χ2v) is 5.12. The maximum atomic E-state index is 11.5. The minimum Gasteiger partial charge on any atom is -0.508 e. The van der Waals surface area contributed by atoms with E-state index >= 15 is 0 Å². The number of benzene rings is 1. The Labute approximate surface area is 124 Å². The maximum Gasteiger partial charge on any atom is 0.319 e. The van der Waals surface area contributed by atoms with Crippen molar-refractivity contribution in [2.45, 2.75) is 19.3 Å². The normalized spacial score (nSPS) is 19.9. The fourth-order valence-corrected chi connectivity index (χ4v) is 2.35. The number of ether oxygens (including phenoxy) is 1. The predicted octanol–water partition coefficient (Wildman–Crippen LogP) is 1.75. The van der Waals surface area contributed by atoms with Gasteiger partial charge in [0.2, 0.25) is 0 Å². The van der Waals surface area contributed by atoms with Gasteiger partial charge in [0.25, 0.3) is 0 Å². The lowest BCUT2D eigenvalue weighted by atomic mass is 9.97. The summed E-state index contributed by atoms with van der Waals surface area (Å²) in [7, 11) is 0. The Morgan fingerprint density at radius 1 is 1.50 bits per heavy atom. The first kappa shape index (κ1) is 14.8. The Morgan fingerprint density at radius 2 is 2.25 bits per heavy atom. The van der Waals surface area contributed by atoms with Crippen LogP contribution in [0.15, 0.2) is 34.4 Å². The smallest absolute Gasteiger partial charge is 0.319 e. The second-order valence-electron chi connectivity index (χ2n) is 4.21. The zero-order valence-electron chi connectivity index (χ0n) is 10.8. The summed E-state index contributed by atoms with van der Waals surface area (Å²) in [5.74, 6) is 0.0231. The number of carbonyl (C=O) groups is 1. The van der Waals surface area contributed by atoms with Gasteiger partial charge in [0, 0.05) is 28.4 Å². The molecule has 2 amide bonds. The number of rotatable bonds is 4. The van der Waals surface area contributed by atoms with Crippen molar-refractivity contribution in [3.63, 3.8) is 0 Å². The number of amides is 2. The van der Waals surface area contributed by atoms with E-state index in [-0.39, 0.29) is 5.75 Å². The van der Waals surface area contributed by atoms with E-state index in [2.05, 4.69) is 26.6 Å². The van der Waals surface area contributed by atoms with E-state index in [9.17, 15) is 15.0 Å². The number of urea groups is 1. The number of aromatic hydroxyl groups is 1. The molecule has 7 heteroatoms. The first-order valence-electron chi connectivity index (χ1n) is 6.08. The monoisotopic (exact) mass is 342 g/mol. The number of nitrogens with one attached hydrogen (secondary N) is 2. The Kier molecular flexibility index (Phi) is 4.64. The number of hydrogen-bond acceptors (Lipinski definition) is 4. The number of aliphatic hydroxyl groups excluding tert-OH is 1. The van der Waals surface area contributed by atoms with Gasteiger partial charge in [0.05, 0.1) is 6.04 Å². The summed E-state index contributed by atoms with van der Waals surface area (Å²) < 4.78 is 5.89. The first-order valence-corrected chi connectivity index (χ1v) is 6.87. The van der Waals surface area contributed by atoms with Gasteiger partial charge in [-0.25, -0.2) is 4.79 Å². The molecule has 2 unspecified atom stereocenters. The highest BCUT2D eigenvalue weighted by Gasteiger charge is 2.30. The topological polar surface area (TPSA) is 90.8 Å². The van der Waals surface area contributed by atoms with Crippen LogP contribution in [0.25, 0.3) is 0 Å². The minimum atomic E-state index is -1.17. The highest BCUT2D eigenvalue weighted by atomic mass is 79.9. The first-order chi connectivity index (χ1) is 9.52. The molecule has 6 nitrogen and oxygen atoms in total. The van der Waals surface area contributed by atoms with Gasteiger partial charge >= 0.3 is 6.03 Å². The Hall–Kier alpha value is -1.57. The summed E-state index contributed by atoms with van der Waals surface area (Å²) >= 11 is 3.31. The summed E-state index contributed by atoms with van der Waals surface area (Å²) in [6.07, 6.45) is 0.223. The molecule has 108 valence electrons. The zero-order valence-corrected chi connectivity index (χ0v) is 12.3. The molecule has 0 spiro atoms. The molecule has 1 aliphatic rings. The van der Waals surface area contributed by atoms with E-state index < -0.39 is 18.4 Å². The molecule has 20 heavy (non-hydrogen) atoms. The third-order valence-electron chi connectivity index (χ3n) is 2.89. The highest BCUT2D eigenvalue weighted by molar-refractivity contribution is 9.10. The van der Waals surface area contributed by atoms with Crippen molar-refractivity contribution in [1.29, 1.82) is 0 Å². The number of phenolic OH excluding ortho intramolecular Hbond substituents is 1. The maximum absolute atomic E-state index is 11.5. The van der Waals surface area contributed by atoms with Crippen molar-refractivity contribution in [2.24, 2.45) is 0 Å². The Morgan fingerprint density at radius 3 is 2.95 bits per heavy atom. The van der Waals surface area contributed by atoms with Crippen LogP contribution in [0.1, 0.15) is 18.5 Å². The molecular weight excluding hydrogens is 328 g/mol. The summed E-state index contributed by atoms with van der Waals surface area (Å²) in [6.45, 7) is 2.08. The molecule has 1 aromatic rings. The van der Waals surface area contributed by atoms with Gasteiger partial charge in [-0.05, 0) is 25.1 Å². The lowest BCUT2D eigenvalue weighted by molar-refractivity contribution is -0.0715. The van der Waals surface area contributed by atoms with Crippen molar-refractivity contribution in [3.05, 3.63) is 40.0 Å². The SMILES string of the molecule is CCOC(O)C1=CNC(=O)NC1c1cc(Br)ccc1O. The van der Waals surface area contributed by atoms with Crippen molar-refractivity contribution in [3.8, 4) is 5.75 Å². The van der Waals surface area contributed by atoms with E-state index in [4.69, 9.17) is 4.74 Å². The molecule has 2 atom stereocenters. The van der Waals surface area contributed by atoms with E-state index in [0.717, 1.165) is 4.47 Å². The third kappa shape index (κ3) is 3.12. The molecule has 4 N–H and O–H groups in total. The number of phenols is 1. The average molecular weight is 343 g/mol. The third-order valence-corrected chi connectivity index (χ3v) is 3.38. The standard InChI is InChI=1S/C13H15BrN2O4/c1-2-20-12(18)9-6-15-13(19)16-11(9)8-5-7(14)3-4-10(8)17/h3-6,11-12,17-18H,2H2,1H3,(H2,15,16,19). The van der Waals surface area contributed by atoms with Gasteiger partial charge in [-0.3, -0.25) is 0 Å². The summed E-state index contributed by atoms with van der Waals surface area (Å²) in [6, 6.07) is 3.80. The molecule has 0 radical (unpaired) electrons. The molecule has 1 heterocycles. The van der Waals surface area contributed by atoms with Gasteiger partial charge in [0.15, 0.2) is 6.29 Å². The van der Waals surface area contributed by atoms with Crippen LogP contribution in [0, 0.1) is 0 Å². The Balaban J connectivity index is 2.39. The zero-order chi connectivity index (χ0) is 14.7. The molecule has 1 aromatic carbocycles. The quantitative estimate of drug-likeness (QED) is 0.627. The van der Waals surface area contributed by atoms with Crippen LogP contribution in [0.3, 0.4) is 0 Å². The number of halogens is 1. The fraction of sp³-hybridized carbons (Fsp3) is 0.308. The molecule has 0 fully saturated rings. The van der Waals surface area contributed by atoms with E-state index in [1.165, 1.54) is 12.3 Å². The van der Waals surface area contributed by atoms with Gasteiger partial charge in [-0.2, -0.15) is 0 Å². The number of carbonyl (C=O) groups excluding carboxylic acids is 1. The fourth-order valence-electron chi connectivity index (χ4n) is 1.97.